The smallest absolute Gasteiger partial charge is 0.341 e. The van der Waals surface area contributed by atoms with Crippen molar-refractivity contribution >= 4 is 38.8 Å². The largest absolute Gasteiger partial charge is 0.481 e. The van der Waals surface area contributed by atoms with E-state index in [-0.39, 0.29) is 17.6 Å². The van der Waals surface area contributed by atoms with E-state index in [9.17, 15) is 4.79 Å². The van der Waals surface area contributed by atoms with Crippen molar-refractivity contribution in [2.75, 3.05) is 13.2 Å². The van der Waals surface area contributed by atoms with Crippen LogP contribution in [0.4, 0.5) is 0 Å². The predicted octanol–water partition coefficient (Wildman–Crippen LogP) is 5.56. The molecule has 0 bridgehead atoms. The molecule has 0 atom stereocenters. The van der Waals surface area contributed by atoms with E-state index in [2.05, 4.69) is 19.9 Å². The summed E-state index contributed by atoms with van der Waals surface area (Å²) in [6.07, 6.45) is 0.782. The molecule has 0 spiro atoms. The van der Waals surface area contributed by atoms with E-state index < -0.39 is 12.6 Å². The molecule has 5 rings (SSSR count). The normalized spacial score (nSPS) is 11.2. The third-order valence-corrected chi connectivity index (χ3v) is 6.00. The topological polar surface area (TPSA) is 130 Å². The fraction of sp³-hybridized carbons (Fsp3) is 0.240. The van der Waals surface area contributed by atoms with Crippen LogP contribution < -0.4 is 14.2 Å². The van der Waals surface area contributed by atoms with Gasteiger partial charge in [0, 0.05) is 11.6 Å². The monoisotopic (exact) mass is 506 g/mol. The third kappa shape index (κ3) is 4.78. The van der Waals surface area contributed by atoms with Gasteiger partial charge < -0.3 is 23.7 Å². The standard InChI is InChI=1S/C25H22N4O6S/c1-4-7-32-23-20-24(29-25(28-23)34-16-5-6-17-18(10-16)36-12-26-17)35-22(27-20)15-8-13(2)21(14(3)9-15)33-11-19(30)31/h5-6,8-10,12H,4,7,11H2,1-3H3,(H,30,31). The zero-order chi connectivity index (χ0) is 25.2. The van der Waals surface area contributed by atoms with Crippen LogP contribution >= 0.6 is 11.3 Å². The van der Waals surface area contributed by atoms with Crippen LogP contribution in [0, 0.1) is 13.8 Å². The minimum absolute atomic E-state index is 0.0740. The minimum atomic E-state index is -1.04. The lowest BCUT2D eigenvalue weighted by Gasteiger charge is -2.11. The molecule has 11 heteroatoms. The predicted molar refractivity (Wildman–Crippen MR) is 133 cm³/mol. The van der Waals surface area contributed by atoms with Gasteiger partial charge in [0.1, 0.15) is 11.5 Å². The number of carbonyl (C=O) groups is 1. The van der Waals surface area contributed by atoms with Gasteiger partial charge in [0.05, 0.1) is 22.3 Å². The number of aliphatic carboxylic acids is 1. The van der Waals surface area contributed by atoms with Crippen LogP contribution in [0.25, 0.3) is 32.9 Å². The number of hydrogen-bond acceptors (Lipinski definition) is 10. The number of ether oxygens (including phenoxy) is 3. The number of benzene rings is 2. The van der Waals surface area contributed by atoms with Crippen LogP contribution in [0.5, 0.6) is 23.4 Å². The minimum Gasteiger partial charge on any atom is -0.481 e. The van der Waals surface area contributed by atoms with Crippen molar-refractivity contribution in [1.82, 2.24) is 19.9 Å². The maximum absolute atomic E-state index is 10.9. The molecule has 0 unspecified atom stereocenters. The summed E-state index contributed by atoms with van der Waals surface area (Å²) in [7, 11) is 0. The number of thiazole rings is 1. The molecule has 2 aromatic carbocycles. The quantitative estimate of drug-likeness (QED) is 0.271. The van der Waals surface area contributed by atoms with Crippen LogP contribution in [0.2, 0.25) is 0 Å². The Kier molecular flexibility index (Phi) is 6.38. The summed E-state index contributed by atoms with van der Waals surface area (Å²) in [4.78, 5) is 28.6. The molecule has 0 saturated carbocycles. The Bertz CT molecular complexity index is 1550. The Hall–Kier alpha value is -4.25. The zero-order valence-corrected chi connectivity index (χ0v) is 20.6. The molecule has 10 nitrogen and oxygen atoms in total. The molecule has 0 fully saturated rings. The van der Waals surface area contributed by atoms with Crippen molar-refractivity contribution in [3.05, 3.63) is 47.0 Å². The lowest BCUT2D eigenvalue weighted by Crippen LogP contribution is -2.10. The first-order valence-corrected chi connectivity index (χ1v) is 12.1. The number of hydrogen-bond donors (Lipinski definition) is 1. The molecule has 0 aliphatic rings. The molecule has 0 aliphatic carbocycles. The number of carboxylic acid groups (broad SMARTS) is 1. The summed E-state index contributed by atoms with van der Waals surface area (Å²) in [5.74, 6) is 0.619. The number of rotatable bonds is 9. The van der Waals surface area contributed by atoms with Crippen molar-refractivity contribution in [2.24, 2.45) is 0 Å². The van der Waals surface area contributed by atoms with Gasteiger partial charge in [-0.25, -0.2) is 14.8 Å². The Morgan fingerprint density at radius 1 is 1.08 bits per heavy atom. The fourth-order valence-electron chi connectivity index (χ4n) is 3.69. The summed E-state index contributed by atoms with van der Waals surface area (Å²) in [6.45, 7) is 5.67. The molecule has 3 aromatic heterocycles. The van der Waals surface area contributed by atoms with Crippen LogP contribution in [0.3, 0.4) is 0 Å². The van der Waals surface area contributed by atoms with Crippen molar-refractivity contribution in [3.63, 3.8) is 0 Å². The molecular weight excluding hydrogens is 484 g/mol. The molecule has 0 amide bonds. The molecule has 0 aliphatic heterocycles. The van der Waals surface area contributed by atoms with E-state index in [1.54, 1.807) is 11.6 Å². The van der Waals surface area contributed by atoms with Crippen molar-refractivity contribution in [1.29, 1.82) is 0 Å². The highest BCUT2D eigenvalue weighted by Crippen LogP contribution is 2.34. The van der Waals surface area contributed by atoms with Gasteiger partial charge in [0.2, 0.25) is 5.89 Å². The maximum atomic E-state index is 10.9. The molecule has 3 heterocycles. The highest BCUT2D eigenvalue weighted by atomic mass is 32.1. The van der Waals surface area contributed by atoms with E-state index in [4.69, 9.17) is 23.7 Å². The first kappa shape index (κ1) is 23.5. The summed E-state index contributed by atoms with van der Waals surface area (Å²) >= 11 is 1.51. The molecule has 184 valence electrons. The molecule has 0 radical (unpaired) electrons. The van der Waals surface area contributed by atoms with E-state index in [1.165, 1.54) is 11.3 Å². The van der Waals surface area contributed by atoms with Crippen LogP contribution in [0.15, 0.2) is 40.3 Å². The SMILES string of the molecule is CCCOc1nc(Oc2ccc3ncsc3c2)nc2oc(-c3cc(C)c(OCC(=O)O)c(C)c3)nc12. The Labute approximate surface area is 209 Å². The molecule has 0 saturated heterocycles. The van der Waals surface area contributed by atoms with Crippen molar-refractivity contribution < 1.29 is 28.5 Å². The van der Waals surface area contributed by atoms with Crippen LogP contribution in [-0.2, 0) is 4.79 Å². The Morgan fingerprint density at radius 2 is 1.89 bits per heavy atom. The number of nitrogens with zero attached hydrogens (tertiary/aromatic N) is 4. The van der Waals surface area contributed by atoms with E-state index in [0.29, 0.717) is 35.1 Å². The third-order valence-electron chi connectivity index (χ3n) is 5.21. The highest BCUT2D eigenvalue weighted by molar-refractivity contribution is 7.16. The van der Waals surface area contributed by atoms with Gasteiger partial charge in [-0.2, -0.15) is 9.97 Å². The number of oxazole rings is 1. The first-order chi connectivity index (χ1) is 17.4. The van der Waals surface area contributed by atoms with Gasteiger partial charge >= 0.3 is 12.0 Å². The number of aromatic nitrogens is 4. The molecule has 5 aromatic rings. The average molecular weight is 507 g/mol. The molecule has 1 N–H and O–H groups in total. The Morgan fingerprint density at radius 3 is 2.64 bits per heavy atom. The highest BCUT2D eigenvalue weighted by Gasteiger charge is 2.20. The lowest BCUT2D eigenvalue weighted by molar-refractivity contribution is -0.139. The number of carboxylic acids is 1. The lowest BCUT2D eigenvalue weighted by atomic mass is 10.1. The first-order valence-electron chi connectivity index (χ1n) is 11.2. The second kappa shape index (κ2) is 9.78. The van der Waals surface area contributed by atoms with Crippen molar-refractivity contribution in [3.8, 4) is 34.8 Å². The Balaban J connectivity index is 1.51. The van der Waals surface area contributed by atoms with Gasteiger partial charge in [0.25, 0.3) is 11.6 Å². The van der Waals surface area contributed by atoms with Gasteiger partial charge in [-0.05, 0) is 55.7 Å². The summed E-state index contributed by atoms with van der Waals surface area (Å²) < 4.78 is 24.2. The van der Waals surface area contributed by atoms with Crippen molar-refractivity contribution in [2.45, 2.75) is 27.2 Å². The van der Waals surface area contributed by atoms with E-state index in [1.807, 2.05) is 45.0 Å². The van der Waals surface area contributed by atoms with Gasteiger partial charge in [-0.3, -0.25) is 0 Å². The van der Waals surface area contributed by atoms with E-state index in [0.717, 1.165) is 27.8 Å². The zero-order valence-electron chi connectivity index (χ0n) is 19.8. The van der Waals surface area contributed by atoms with E-state index >= 15 is 0 Å². The van der Waals surface area contributed by atoms with Gasteiger partial charge in [0.15, 0.2) is 12.1 Å². The van der Waals surface area contributed by atoms with Gasteiger partial charge in [-0.1, -0.05) is 6.92 Å². The average Bonchev–Trinajstić information content (AvgIpc) is 3.48. The number of fused-ring (bicyclic) bond motifs is 2. The molecular formula is C25H22N4O6S. The van der Waals surface area contributed by atoms with Crippen LogP contribution in [-0.4, -0.2) is 44.2 Å². The number of aryl methyl sites for hydroxylation is 2. The second-order valence-electron chi connectivity index (χ2n) is 8.04. The maximum Gasteiger partial charge on any atom is 0.341 e. The fourth-order valence-corrected chi connectivity index (χ4v) is 4.39. The summed E-state index contributed by atoms with van der Waals surface area (Å²) in [5, 5.41) is 8.92. The summed E-state index contributed by atoms with van der Waals surface area (Å²) in [5.41, 5.74) is 5.46. The van der Waals surface area contributed by atoms with Gasteiger partial charge in [-0.15, -0.1) is 11.3 Å². The molecule has 36 heavy (non-hydrogen) atoms. The summed E-state index contributed by atoms with van der Waals surface area (Å²) in [6, 6.07) is 9.25. The van der Waals surface area contributed by atoms with Crippen LogP contribution in [0.1, 0.15) is 24.5 Å². The second-order valence-corrected chi connectivity index (χ2v) is 8.92.